The molecule has 0 saturated carbocycles. The minimum atomic E-state index is -0.658. The van der Waals surface area contributed by atoms with E-state index in [1.165, 1.54) is 0 Å². The third kappa shape index (κ3) is 6.32. The smallest absolute Gasteiger partial charge is 0.410 e. The highest BCUT2D eigenvalue weighted by atomic mass is 127. The van der Waals surface area contributed by atoms with E-state index in [0.29, 0.717) is 37.4 Å². The summed E-state index contributed by atoms with van der Waals surface area (Å²) in [6.07, 6.45) is 3.12. The maximum Gasteiger partial charge on any atom is 0.410 e. The van der Waals surface area contributed by atoms with Gasteiger partial charge in [-0.05, 0) is 85.2 Å². The first kappa shape index (κ1) is 29.2. The SMILES string of the molecule is COc1ccc2c3c1O[C@@H]1C[C@H](OC(=O)CC(=O)OCc4ccc(I)cc4)C=C[C@@]31CCN(C(=O)OC(C)(C)C)C2. The average molecular weight is 676 g/mol. The Kier molecular flexibility index (Phi) is 8.22. The summed E-state index contributed by atoms with van der Waals surface area (Å²) < 4.78 is 29.7. The minimum Gasteiger partial charge on any atom is -0.493 e. The Morgan fingerprint density at radius 2 is 1.85 bits per heavy atom. The van der Waals surface area contributed by atoms with E-state index in [9.17, 15) is 14.4 Å². The third-order valence-electron chi connectivity index (χ3n) is 7.48. The molecule has 2 aliphatic heterocycles. The van der Waals surface area contributed by atoms with Crippen LogP contribution in [0.25, 0.3) is 0 Å². The normalized spacial score (nSPS) is 22.5. The van der Waals surface area contributed by atoms with E-state index in [1.54, 1.807) is 12.0 Å². The average Bonchev–Trinajstić information content (AvgIpc) is 3.14. The van der Waals surface area contributed by atoms with Gasteiger partial charge in [-0.15, -0.1) is 0 Å². The number of hydrogen-bond donors (Lipinski definition) is 0. The molecule has 2 aromatic rings. The van der Waals surface area contributed by atoms with E-state index < -0.39 is 35.5 Å². The molecule has 2 aromatic carbocycles. The molecule has 3 aliphatic rings. The number of hydrogen-bond acceptors (Lipinski definition) is 8. The number of amides is 1. The molecule has 2 heterocycles. The zero-order valence-electron chi connectivity index (χ0n) is 23.6. The summed E-state index contributed by atoms with van der Waals surface area (Å²) in [7, 11) is 1.60. The first-order valence-corrected chi connectivity index (χ1v) is 14.7. The summed E-state index contributed by atoms with van der Waals surface area (Å²) in [6.45, 7) is 6.49. The molecule has 41 heavy (non-hydrogen) atoms. The zero-order chi connectivity index (χ0) is 29.4. The van der Waals surface area contributed by atoms with Crippen molar-refractivity contribution in [3.8, 4) is 11.5 Å². The number of carbonyl (C=O) groups is 3. The minimum absolute atomic E-state index is 0.0908. The van der Waals surface area contributed by atoms with Gasteiger partial charge in [0.2, 0.25) is 0 Å². The van der Waals surface area contributed by atoms with Crippen molar-refractivity contribution in [3.63, 3.8) is 0 Å². The molecule has 3 atom stereocenters. The van der Waals surface area contributed by atoms with E-state index in [-0.39, 0.29) is 18.8 Å². The summed E-state index contributed by atoms with van der Waals surface area (Å²) in [5.41, 5.74) is 1.67. The second-order valence-corrected chi connectivity index (χ2v) is 12.8. The molecule has 5 rings (SSSR count). The Balaban J connectivity index is 1.28. The molecule has 0 bridgehead atoms. The predicted molar refractivity (Wildman–Crippen MR) is 158 cm³/mol. The second-order valence-electron chi connectivity index (χ2n) is 11.5. The van der Waals surface area contributed by atoms with Gasteiger partial charge in [0.1, 0.15) is 30.8 Å². The Hall–Kier alpha value is -3.28. The van der Waals surface area contributed by atoms with Crippen molar-refractivity contribution < 1.29 is 38.1 Å². The van der Waals surface area contributed by atoms with Crippen LogP contribution >= 0.6 is 22.6 Å². The molecule has 0 unspecified atom stereocenters. The van der Waals surface area contributed by atoms with Crippen molar-refractivity contribution in [1.82, 2.24) is 4.90 Å². The molecule has 0 aromatic heterocycles. The van der Waals surface area contributed by atoms with E-state index >= 15 is 0 Å². The number of rotatable bonds is 6. The van der Waals surface area contributed by atoms with Gasteiger partial charge in [0.25, 0.3) is 0 Å². The molecular formula is C31H34INO8. The molecule has 1 amide bonds. The van der Waals surface area contributed by atoms with Crippen LogP contribution in [-0.2, 0) is 42.4 Å². The number of ether oxygens (including phenoxy) is 5. The molecule has 0 N–H and O–H groups in total. The van der Waals surface area contributed by atoms with Crippen LogP contribution in [0.4, 0.5) is 4.79 Å². The third-order valence-corrected chi connectivity index (χ3v) is 8.19. The maximum absolute atomic E-state index is 13.0. The van der Waals surface area contributed by atoms with Gasteiger partial charge in [-0.1, -0.05) is 24.3 Å². The highest BCUT2D eigenvalue weighted by Crippen LogP contribution is 2.56. The van der Waals surface area contributed by atoms with Crippen LogP contribution in [0.1, 0.15) is 56.7 Å². The molecule has 10 heteroatoms. The number of halogens is 1. The monoisotopic (exact) mass is 675 g/mol. The predicted octanol–water partition coefficient (Wildman–Crippen LogP) is 5.44. The fraction of sp³-hybridized carbons (Fsp3) is 0.452. The van der Waals surface area contributed by atoms with Gasteiger partial charge in [-0.2, -0.15) is 0 Å². The van der Waals surface area contributed by atoms with Crippen LogP contribution in [0.3, 0.4) is 0 Å². The van der Waals surface area contributed by atoms with E-state index in [1.807, 2.05) is 69.3 Å². The summed E-state index contributed by atoms with van der Waals surface area (Å²) >= 11 is 2.20. The fourth-order valence-electron chi connectivity index (χ4n) is 5.62. The Morgan fingerprint density at radius 3 is 2.56 bits per heavy atom. The molecule has 0 fully saturated rings. The molecule has 0 radical (unpaired) electrons. The topological polar surface area (TPSA) is 101 Å². The number of esters is 2. The first-order valence-electron chi connectivity index (χ1n) is 13.6. The first-order chi connectivity index (χ1) is 19.5. The van der Waals surface area contributed by atoms with Crippen LogP contribution in [0, 0.1) is 3.57 Å². The fourth-order valence-corrected chi connectivity index (χ4v) is 5.98. The summed E-state index contributed by atoms with van der Waals surface area (Å²) in [4.78, 5) is 39.6. The lowest BCUT2D eigenvalue weighted by molar-refractivity contribution is -0.157. The number of nitrogens with zero attached hydrogens (tertiary/aromatic N) is 1. The highest BCUT2D eigenvalue weighted by Gasteiger charge is 2.54. The van der Waals surface area contributed by atoms with Crippen LogP contribution in [0.5, 0.6) is 11.5 Å². The molecule has 1 aliphatic carbocycles. The van der Waals surface area contributed by atoms with Crippen LogP contribution < -0.4 is 9.47 Å². The lowest BCUT2D eigenvalue weighted by atomic mass is 9.69. The maximum atomic E-state index is 13.0. The van der Waals surface area contributed by atoms with Crippen molar-refractivity contribution in [1.29, 1.82) is 0 Å². The summed E-state index contributed by atoms with van der Waals surface area (Å²) in [5.74, 6) is -0.0402. The van der Waals surface area contributed by atoms with Crippen LogP contribution in [-0.4, -0.2) is 54.4 Å². The van der Waals surface area contributed by atoms with Crippen molar-refractivity contribution >= 4 is 40.6 Å². The zero-order valence-corrected chi connectivity index (χ0v) is 25.8. The van der Waals surface area contributed by atoms with Gasteiger partial charge in [-0.25, -0.2) is 4.79 Å². The standard InChI is InChI=1S/C31H34INO8/c1-30(2,3)41-29(36)33-14-13-31-12-11-22(15-24(31)40-28-23(37-4)10-7-20(17-33)27(28)31)39-26(35)16-25(34)38-18-19-5-8-21(32)9-6-19/h5-12,22,24H,13-18H2,1-4H3/t22-,24-,31+/m1/s1. The van der Waals surface area contributed by atoms with Gasteiger partial charge in [0.15, 0.2) is 11.5 Å². The number of benzene rings is 2. The van der Waals surface area contributed by atoms with Gasteiger partial charge < -0.3 is 28.6 Å². The number of methoxy groups -OCH3 is 1. The quantitative estimate of drug-likeness (QED) is 0.131. The van der Waals surface area contributed by atoms with Crippen LogP contribution in [0.2, 0.25) is 0 Å². The van der Waals surface area contributed by atoms with E-state index in [4.69, 9.17) is 23.7 Å². The second kappa shape index (κ2) is 11.5. The molecule has 1 spiro atoms. The Labute approximate surface area is 253 Å². The van der Waals surface area contributed by atoms with E-state index in [0.717, 1.165) is 20.3 Å². The summed E-state index contributed by atoms with van der Waals surface area (Å²) in [5, 5.41) is 0. The van der Waals surface area contributed by atoms with Gasteiger partial charge in [0.05, 0.1) is 12.5 Å². The van der Waals surface area contributed by atoms with Crippen LogP contribution in [0.15, 0.2) is 48.6 Å². The van der Waals surface area contributed by atoms with Crippen molar-refractivity contribution in [2.45, 2.75) is 76.4 Å². The van der Waals surface area contributed by atoms with Gasteiger partial charge in [-0.3, -0.25) is 9.59 Å². The summed E-state index contributed by atoms with van der Waals surface area (Å²) in [6, 6.07) is 11.4. The Morgan fingerprint density at radius 1 is 1.10 bits per heavy atom. The van der Waals surface area contributed by atoms with Gasteiger partial charge >= 0.3 is 18.0 Å². The van der Waals surface area contributed by atoms with Gasteiger partial charge in [0, 0.05) is 28.6 Å². The largest absolute Gasteiger partial charge is 0.493 e. The van der Waals surface area contributed by atoms with Crippen molar-refractivity contribution in [2.75, 3.05) is 13.7 Å². The van der Waals surface area contributed by atoms with E-state index in [2.05, 4.69) is 22.6 Å². The number of carbonyl (C=O) groups excluding carboxylic acids is 3. The molecule has 9 nitrogen and oxygen atoms in total. The van der Waals surface area contributed by atoms with Crippen molar-refractivity contribution in [2.24, 2.45) is 0 Å². The molecular weight excluding hydrogens is 641 g/mol. The lowest BCUT2D eigenvalue weighted by Crippen LogP contribution is -2.44. The molecule has 218 valence electrons. The lowest BCUT2D eigenvalue weighted by Gasteiger charge is -2.36. The molecule has 0 saturated heterocycles. The van der Waals surface area contributed by atoms with Crippen molar-refractivity contribution in [3.05, 3.63) is 68.8 Å². The highest BCUT2D eigenvalue weighted by molar-refractivity contribution is 14.1. The Bertz CT molecular complexity index is 1370.